The topological polar surface area (TPSA) is 60.2 Å². The normalized spacial score (nSPS) is 17.6. The van der Waals surface area contributed by atoms with Gasteiger partial charge in [0, 0.05) is 31.1 Å². The van der Waals surface area contributed by atoms with Gasteiger partial charge in [-0.05, 0) is 31.9 Å². The minimum atomic E-state index is 0.0879. The Morgan fingerprint density at radius 2 is 2.08 bits per heavy atom. The maximum absolute atomic E-state index is 12.8. The van der Waals surface area contributed by atoms with Crippen LogP contribution in [0.15, 0.2) is 36.2 Å². The number of para-hydroxylation sites is 1. The lowest BCUT2D eigenvalue weighted by atomic mass is 9.95. The van der Waals surface area contributed by atoms with Gasteiger partial charge in [0.2, 0.25) is 0 Å². The van der Waals surface area contributed by atoms with Crippen LogP contribution in [0.5, 0.6) is 5.75 Å². The molecule has 0 unspecified atom stereocenters. The molecule has 2 aliphatic rings. The van der Waals surface area contributed by atoms with Crippen molar-refractivity contribution < 1.29 is 9.53 Å². The van der Waals surface area contributed by atoms with Gasteiger partial charge in [-0.2, -0.15) is 0 Å². The first-order valence-electron chi connectivity index (χ1n) is 8.85. The molecule has 0 saturated carbocycles. The van der Waals surface area contributed by atoms with E-state index < -0.39 is 0 Å². The highest BCUT2D eigenvalue weighted by molar-refractivity contribution is 5.99. The highest BCUT2D eigenvalue weighted by Crippen LogP contribution is 2.30. The molecule has 4 rings (SSSR count). The molecule has 2 aromatic rings. The van der Waals surface area contributed by atoms with Gasteiger partial charge in [0.15, 0.2) is 0 Å². The van der Waals surface area contributed by atoms with Crippen molar-refractivity contribution in [2.24, 2.45) is 0 Å². The summed E-state index contributed by atoms with van der Waals surface area (Å²) >= 11 is 0. The SMILES string of the molecule is CCn1cnnc1C1CCN(C(=O)C2=Cc3ccccc3OC2)CC1. The van der Waals surface area contributed by atoms with Crippen LogP contribution in [-0.2, 0) is 11.3 Å². The number of aromatic nitrogens is 3. The van der Waals surface area contributed by atoms with Gasteiger partial charge in [-0.25, -0.2) is 0 Å². The monoisotopic (exact) mass is 338 g/mol. The number of nitrogens with zero attached hydrogens (tertiary/aromatic N) is 4. The molecule has 1 amide bonds. The molecule has 130 valence electrons. The third-order valence-corrected chi connectivity index (χ3v) is 5.04. The van der Waals surface area contributed by atoms with E-state index in [4.69, 9.17) is 4.74 Å². The Bertz CT molecular complexity index is 803. The van der Waals surface area contributed by atoms with Gasteiger partial charge in [-0.3, -0.25) is 4.79 Å². The first-order chi connectivity index (χ1) is 12.3. The summed E-state index contributed by atoms with van der Waals surface area (Å²) in [5.41, 5.74) is 1.71. The average molecular weight is 338 g/mol. The van der Waals surface area contributed by atoms with E-state index in [-0.39, 0.29) is 5.91 Å². The highest BCUT2D eigenvalue weighted by atomic mass is 16.5. The fourth-order valence-electron chi connectivity index (χ4n) is 3.61. The van der Waals surface area contributed by atoms with Crippen LogP contribution in [0.1, 0.15) is 37.1 Å². The van der Waals surface area contributed by atoms with Crippen LogP contribution < -0.4 is 4.74 Å². The van der Waals surface area contributed by atoms with Crippen molar-refractivity contribution in [3.8, 4) is 5.75 Å². The van der Waals surface area contributed by atoms with E-state index in [9.17, 15) is 4.79 Å². The van der Waals surface area contributed by atoms with Gasteiger partial charge in [0.1, 0.15) is 24.5 Å². The number of amides is 1. The molecule has 1 fully saturated rings. The molecular weight excluding hydrogens is 316 g/mol. The Hall–Kier alpha value is -2.63. The number of hydrogen-bond acceptors (Lipinski definition) is 4. The Kier molecular flexibility index (Phi) is 4.26. The largest absolute Gasteiger partial charge is 0.488 e. The molecule has 1 saturated heterocycles. The second-order valence-electron chi connectivity index (χ2n) is 6.54. The Morgan fingerprint density at radius 1 is 1.28 bits per heavy atom. The first-order valence-corrected chi connectivity index (χ1v) is 8.85. The second-order valence-corrected chi connectivity index (χ2v) is 6.54. The number of fused-ring (bicyclic) bond motifs is 1. The van der Waals surface area contributed by atoms with Crippen molar-refractivity contribution in [2.75, 3.05) is 19.7 Å². The van der Waals surface area contributed by atoms with Gasteiger partial charge in [-0.1, -0.05) is 18.2 Å². The summed E-state index contributed by atoms with van der Waals surface area (Å²) < 4.78 is 7.81. The molecule has 0 radical (unpaired) electrons. The molecule has 6 nitrogen and oxygen atoms in total. The van der Waals surface area contributed by atoms with Gasteiger partial charge in [0.25, 0.3) is 5.91 Å². The fraction of sp³-hybridized carbons (Fsp3) is 0.421. The number of carbonyl (C=O) groups is 1. The zero-order chi connectivity index (χ0) is 17.2. The third kappa shape index (κ3) is 3.04. The van der Waals surface area contributed by atoms with Gasteiger partial charge >= 0.3 is 0 Å². The number of rotatable bonds is 3. The standard InChI is InChI=1S/C19H22N4O2/c1-2-22-13-20-21-18(22)14-7-9-23(10-8-14)19(24)16-11-15-5-3-4-6-17(15)25-12-16/h3-6,11,13-14H,2,7-10,12H2,1H3. The van der Waals surface area contributed by atoms with Gasteiger partial charge < -0.3 is 14.2 Å². The van der Waals surface area contributed by atoms with Crippen molar-refractivity contribution in [1.82, 2.24) is 19.7 Å². The summed E-state index contributed by atoms with van der Waals surface area (Å²) in [6, 6.07) is 7.81. The van der Waals surface area contributed by atoms with Crippen LogP contribution in [-0.4, -0.2) is 45.3 Å². The number of piperidine rings is 1. The summed E-state index contributed by atoms with van der Waals surface area (Å²) in [4.78, 5) is 14.8. The molecule has 6 heteroatoms. The predicted molar refractivity (Wildman–Crippen MR) is 94.2 cm³/mol. The number of aryl methyl sites for hydroxylation is 1. The van der Waals surface area contributed by atoms with E-state index in [2.05, 4.69) is 21.7 Å². The van der Waals surface area contributed by atoms with Crippen molar-refractivity contribution in [1.29, 1.82) is 0 Å². The number of likely N-dealkylation sites (tertiary alicyclic amines) is 1. The summed E-state index contributed by atoms with van der Waals surface area (Å²) in [5, 5.41) is 8.30. The summed E-state index contributed by atoms with van der Waals surface area (Å²) in [5.74, 6) is 2.36. The minimum Gasteiger partial charge on any atom is -0.488 e. The summed E-state index contributed by atoms with van der Waals surface area (Å²) in [7, 11) is 0. The molecular formula is C19H22N4O2. The zero-order valence-electron chi connectivity index (χ0n) is 14.4. The zero-order valence-corrected chi connectivity index (χ0v) is 14.4. The third-order valence-electron chi connectivity index (χ3n) is 5.04. The van der Waals surface area contributed by atoms with Crippen molar-refractivity contribution >= 4 is 12.0 Å². The first kappa shape index (κ1) is 15.9. The lowest BCUT2D eigenvalue weighted by Gasteiger charge is -2.32. The molecule has 2 aliphatic heterocycles. The predicted octanol–water partition coefficient (Wildman–Crippen LogP) is 2.48. The van der Waals surface area contributed by atoms with Gasteiger partial charge in [-0.15, -0.1) is 10.2 Å². The minimum absolute atomic E-state index is 0.0879. The lowest BCUT2D eigenvalue weighted by Crippen LogP contribution is -2.40. The van der Waals surface area contributed by atoms with Crippen LogP contribution in [0.4, 0.5) is 0 Å². The van der Waals surface area contributed by atoms with E-state index in [0.717, 1.165) is 55.2 Å². The van der Waals surface area contributed by atoms with Crippen LogP contribution in [0.25, 0.3) is 6.08 Å². The molecule has 0 aliphatic carbocycles. The van der Waals surface area contributed by atoms with Gasteiger partial charge in [0.05, 0.1) is 5.57 Å². The van der Waals surface area contributed by atoms with E-state index in [1.54, 1.807) is 6.33 Å². The number of hydrogen-bond donors (Lipinski definition) is 0. The molecule has 0 bridgehead atoms. The van der Waals surface area contributed by atoms with E-state index >= 15 is 0 Å². The molecule has 3 heterocycles. The van der Waals surface area contributed by atoms with Crippen LogP contribution in [0.3, 0.4) is 0 Å². The second kappa shape index (κ2) is 6.70. The molecule has 0 N–H and O–H groups in total. The summed E-state index contributed by atoms with van der Waals surface area (Å²) in [6.45, 7) is 4.82. The number of ether oxygens (including phenoxy) is 1. The van der Waals surface area contributed by atoms with E-state index in [0.29, 0.717) is 12.5 Å². The maximum Gasteiger partial charge on any atom is 0.253 e. The lowest BCUT2D eigenvalue weighted by molar-refractivity contribution is -0.128. The highest BCUT2D eigenvalue weighted by Gasteiger charge is 2.29. The molecule has 1 aromatic heterocycles. The van der Waals surface area contributed by atoms with Crippen LogP contribution in [0.2, 0.25) is 0 Å². The van der Waals surface area contributed by atoms with Crippen LogP contribution >= 0.6 is 0 Å². The number of benzene rings is 1. The maximum atomic E-state index is 12.8. The molecule has 1 aromatic carbocycles. The molecule has 0 spiro atoms. The van der Waals surface area contributed by atoms with E-state index in [1.807, 2.05) is 35.2 Å². The molecule has 25 heavy (non-hydrogen) atoms. The average Bonchev–Trinajstić information content (AvgIpc) is 3.16. The summed E-state index contributed by atoms with van der Waals surface area (Å²) in [6.07, 6.45) is 5.60. The smallest absolute Gasteiger partial charge is 0.253 e. The quantitative estimate of drug-likeness (QED) is 0.863. The van der Waals surface area contributed by atoms with Crippen LogP contribution in [0, 0.1) is 0 Å². The molecule has 0 atom stereocenters. The van der Waals surface area contributed by atoms with Crippen molar-refractivity contribution in [3.05, 3.63) is 47.6 Å². The Labute approximate surface area is 147 Å². The van der Waals surface area contributed by atoms with E-state index in [1.165, 1.54) is 0 Å². The Balaban J connectivity index is 1.43. The van der Waals surface area contributed by atoms with Crippen molar-refractivity contribution in [3.63, 3.8) is 0 Å². The number of carbonyl (C=O) groups excluding carboxylic acids is 1. The van der Waals surface area contributed by atoms with Crippen molar-refractivity contribution in [2.45, 2.75) is 32.2 Å². The Morgan fingerprint density at radius 3 is 2.88 bits per heavy atom. The fourth-order valence-corrected chi connectivity index (χ4v) is 3.61.